The van der Waals surface area contributed by atoms with Crippen LogP contribution in [-0.2, 0) is 13.0 Å². The van der Waals surface area contributed by atoms with E-state index in [0.29, 0.717) is 55.3 Å². The molecule has 2 aromatic carbocycles. The van der Waals surface area contributed by atoms with Crippen molar-refractivity contribution in [3.63, 3.8) is 0 Å². The van der Waals surface area contributed by atoms with Crippen LogP contribution in [0.4, 0.5) is 10.5 Å². The fourth-order valence-electron chi connectivity index (χ4n) is 4.31. The molecule has 1 N–H and O–H groups in total. The monoisotopic (exact) mass is 463 g/mol. The van der Waals surface area contributed by atoms with Gasteiger partial charge in [0.15, 0.2) is 5.58 Å². The third kappa shape index (κ3) is 5.22. The molecule has 1 aliphatic rings. The van der Waals surface area contributed by atoms with Crippen LogP contribution in [0.25, 0.3) is 11.1 Å². The molecule has 8 nitrogen and oxygen atoms in total. The molecule has 0 saturated carbocycles. The van der Waals surface area contributed by atoms with Gasteiger partial charge in [-0.2, -0.15) is 0 Å². The van der Waals surface area contributed by atoms with E-state index in [1.807, 2.05) is 49.1 Å². The number of anilines is 1. The van der Waals surface area contributed by atoms with Crippen LogP contribution < -0.4 is 5.32 Å². The molecule has 0 spiro atoms. The number of nitrogens with one attached hydrogen (secondary N) is 1. The normalized spacial score (nSPS) is 14.4. The molecule has 2 heterocycles. The lowest BCUT2D eigenvalue weighted by atomic mass is 10.1. The minimum atomic E-state index is -0.0622. The Hall–Kier alpha value is -3.39. The zero-order valence-electron chi connectivity index (χ0n) is 20.2. The second-order valence-electron chi connectivity index (χ2n) is 8.47. The predicted molar refractivity (Wildman–Crippen MR) is 133 cm³/mol. The highest BCUT2D eigenvalue weighted by Crippen LogP contribution is 2.21. The fraction of sp³-hybridized carbons (Fsp3) is 0.423. The first-order valence-electron chi connectivity index (χ1n) is 12.1. The Kier molecular flexibility index (Phi) is 7.47. The topological polar surface area (TPSA) is 81.9 Å². The molecule has 1 aliphatic heterocycles. The summed E-state index contributed by atoms with van der Waals surface area (Å²) < 4.78 is 5.93. The third-order valence-electron chi connectivity index (χ3n) is 6.39. The molecule has 180 valence electrons. The number of benzene rings is 2. The molecule has 0 aliphatic carbocycles. The summed E-state index contributed by atoms with van der Waals surface area (Å²) in [5.74, 6) is 0.629. The Morgan fingerprint density at radius 1 is 1.03 bits per heavy atom. The van der Waals surface area contributed by atoms with E-state index in [-0.39, 0.29) is 11.9 Å². The molecule has 8 heteroatoms. The predicted octanol–water partition coefficient (Wildman–Crippen LogP) is 4.22. The highest BCUT2D eigenvalue weighted by molar-refractivity contribution is 5.97. The number of nitrogens with zero attached hydrogens (tertiary/aromatic N) is 4. The molecule has 1 aromatic heterocycles. The van der Waals surface area contributed by atoms with E-state index in [1.165, 1.54) is 0 Å². The fourth-order valence-corrected chi connectivity index (χ4v) is 4.31. The van der Waals surface area contributed by atoms with E-state index in [9.17, 15) is 9.59 Å². The number of rotatable bonds is 7. The second kappa shape index (κ2) is 10.7. The first-order valence-corrected chi connectivity index (χ1v) is 12.1. The average Bonchev–Trinajstić information content (AvgIpc) is 3.27. The Balaban J connectivity index is 1.34. The van der Waals surface area contributed by atoms with Gasteiger partial charge in [0.25, 0.3) is 5.91 Å². The molecule has 0 unspecified atom stereocenters. The summed E-state index contributed by atoms with van der Waals surface area (Å²) >= 11 is 0. The van der Waals surface area contributed by atoms with Gasteiger partial charge >= 0.3 is 6.03 Å². The van der Waals surface area contributed by atoms with Crippen molar-refractivity contribution in [1.29, 1.82) is 0 Å². The maximum Gasteiger partial charge on any atom is 0.321 e. The van der Waals surface area contributed by atoms with Gasteiger partial charge in [0.1, 0.15) is 5.52 Å². The van der Waals surface area contributed by atoms with Crippen LogP contribution >= 0.6 is 0 Å². The van der Waals surface area contributed by atoms with Crippen LogP contribution in [0.5, 0.6) is 0 Å². The van der Waals surface area contributed by atoms with E-state index >= 15 is 0 Å². The molecule has 4 rings (SSSR count). The highest BCUT2D eigenvalue weighted by atomic mass is 16.3. The molecule has 1 saturated heterocycles. The van der Waals surface area contributed by atoms with Crippen LogP contribution in [-0.4, -0.2) is 70.9 Å². The number of oxazole rings is 1. The second-order valence-corrected chi connectivity index (χ2v) is 8.47. The number of amides is 3. The van der Waals surface area contributed by atoms with E-state index in [4.69, 9.17) is 4.42 Å². The van der Waals surface area contributed by atoms with Crippen LogP contribution in [0.15, 0.2) is 46.9 Å². The van der Waals surface area contributed by atoms with Crippen molar-refractivity contribution in [3.05, 3.63) is 59.5 Å². The largest absolute Gasteiger partial charge is 0.439 e. The van der Waals surface area contributed by atoms with Crippen LogP contribution in [0.1, 0.15) is 42.6 Å². The summed E-state index contributed by atoms with van der Waals surface area (Å²) in [6, 6.07) is 13.3. The Morgan fingerprint density at radius 2 is 1.76 bits per heavy atom. The summed E-state index contributed by atoms with van der Waals surface area (Å²) in [5.41, 5.74) is 4.01. The minimum absolute atomic E-state index is 0.00686. The van der Waals surface area contributed by atoms with Gasteiger partial charge in [0.05, 0.1) is 6.54 Å². The molecule has 0 radical (unpaired) electrons. The molecule has 34 heavy (non-hydrogen) atoms. The lowest BCUT2D eigenvalue weighted by Gasteiger charge is -2.34. The van der Waals surface area contributed by atoms with Crippen LogP contribution in [0.3, 0.4) is 0 Å². The van der Waals surface area contributed by atoms with E-state index in [0.717, 1.165) is 30.8 Å². The number of carbonyl (C=O) groups is 2. The number of para-hydroxylation sites is 1. The van der Waals surface area contributed by atoms with Gasteiger partial charge in [-0.05, 0) is 50.1 Å². The molecule has 3 aromatic rings. The summed E-state index contributed by atoms with van der Waals surface area (Å²) in [6.45, 7) is 10.7. The zero-order valence-corrected chi connectivity index (χ0v) is 20.2. The van der Waals surface area contributed by atoms with Crippen molar-refractivity contribution in [3.8, 4) is 0 Å². The SMILES string of the molecule is CCc1ccccc1NC(=O)N1CCN(Cc2nc3cc(C(=O)N(CC)CC)ccc3o2)CC1. The van der Waals surface area contributed by atoms with Gasteiger partial charge in [0, 0.05) is 50.5 Å². The number of aryl methyl sites for hydroxylation is 1. The van der Waals surface area contributed by atoms with Crippen LogP contribution in [0.2, 0.25) is 0 Å². The Bertz CT molecular complexity index is 1150. The maximum absolute atomic E-state index is 12.7. The lowest BCUT2D eigenvalue weighted by molar-refractivity contribution is 0.0773. The van der Waals surface area contributed by atoms with Crippen molar-refractivity contribution in [2.75, 3.05) is 44.6 Å². The number of carbonyl (C=O) groups excluding carboxylic acids is 2. The van der Waals surface area contributed by atoms with E-state index < -0.39 is 0 Å². The van der Waals surface area contributed by atoms with Crippen molar-refractivity contribution < 1.29 is 14.0 Å². The van der Waals surface area contributed by atoms with E-state index in [1.54, 1.807) is 17.0 Å². The Labute approximate surface area is 200 Å². The van der Waals surface area contributed by atoms with Crippen LogP contribution in [0, 0.1) is 0 Å². The van der Waals surface area contributed by atoms with Gasteiger partial charge in [-0.15, -0.1) is 0 Å². The number of aromatic nitrogens is 1. The smallest absolute Gasteiger partial charge is 0.321 e. The summed E-state index contributed by atoms with van der Waals surface area (Å²) in [4.78, 5) is 35.9. The van der Waals surface area contributed by atoms with Gasteiger partial charge in [-0.3, -0.25) is 9.69 Å². The van der Waals surface area contributed by atoms with Gasteiger partial charge in [0.2, 0.25) is 5.89 Å². The molecule has 3 amide bonds. The van der Waals surface area contributed by atoms with Crippen molar-refractivity contribution in [2.24, 2.45) is 0 Å². The first-order chi connectivity index (χ1) is 16.5. The minimum Gasteiger partial charge on any atom is -0.439 e. The standard InChI is InChI=1S/C26H33N5O3/c1-4-19-9-7-8-10-21(19)28-26(33)31-15-13-29(14-16-31)18-24-27-22-17-20(11-12-23(22)34-24)25(32)30(5-2)6-3/h7-12,17H,4-6,13-16,18H2,1-3H3,(H,28,33). The van der Waals surface area contributed by atoms with Crippen molar-refractivity contribution in [2.45, 2.75) is 33.7 Å². The Morgan fingerprint density at radius 3 is 2.47 bits per heavy atom. The van der Waals surface area contributed by atoms with Gasteiger partial charge < -0.3 is 19.5 Å². The summed E-state index contributed by atoms with van der Waals surface area (Å²) in [5, 5.41) is 3.05. The van der Waals surface area contributed by atoms with Gasteiger partial charge in [-0.25, -0.2) is 9.78 Å². The summed E-state index contributed by atoms with van der Waals surface area (Å²) in [6.07, 6.45) is 0.875. The number of fused-ring (bicyclic) bond motifs is 1. The molecule has 1 fully saturated rings. The molecular weight excluding hydrogens is 430 g/mol. The number of hydrogen-bond acceptors (Lipinski definition) is 5. The quantitative estimate of drug-likeness (QED) is 0.567. The molecule has 0 bridgehead atoms. The van der Waals surface area contributed by atoms with Crippen molar-refractivity contribution >= 4 is 28.7 Å². The first kappa shape index (κ1) is 23.8. The zero-order chi connectivity index (χ0) is 24.1. The average molecular weight is 464 g/mol. The van der Waals surface area contributed by atoms with Crippen molar-refractivity contribution in [1.82, 2.24) is 19.7 Å². The number of piperazine rings is 1. The highest BCUT2D eigenvalue weighted by Gasteiger charge is 2.23. The van der Waals surface area contributed by atoms with Gasteiger partial charge in [-0.1, -0.05) is 25.1 Å². The number of urea groups is 1. The maximum atomic E-state index is 12.7. The molecular formula is C26H33N5O3. The lowest BCUT2D eigenvalue weighted by Crippen LogP contribution is -2.49. The number of hydrogen-bond donors (Lipinski definition) is 1. The summed E-state index contributed by atoms with van der Waals surface area (Å²) in [7, 11) is 0. The third-order valence-corrected chi connectivity index (χ3v) is 6.39. The molecule has 0 atom stereocenters. The van der Waals surface area contributed by atoms with E-state index in [2.05, 4.69) is 22.1 Å².